The van der Waals surface area contributed by atoms with Gasteiger partial charge in [-0.2, -0.15) is 5.26 Å². The van der Waals surface area contributed by atoms with Gasteiger partial charge in [-0.05, 0) is 19.9 Å². The van der Waals surface area contributed by atoms with Gasteiger partial charge < -0.3 is 10.1 Å². The minimum Gasteiger partial charge on any atom is -0.379 e. The lowest BCUT2D eigenvalue weighted by Crippen LogP contribution is -2.32. The Kier molecular flexibility index (Phi) is 3.63. The van der Waals surface area contributed by atoms with Crippen LogP contribution < -0.4 is 5.32 Å². The SMILES string of the molecule is COC(C)(C)CNc1c(C#N)nnc2ccccc12. The third-order valence-corrected chi connectivity index (χ3v) is 3.02. The number of nitrogens with zero attached hydrogens (tertiary/aromatic N) is 3. The standard InChI is InChI=1S/C14H16N4O/c1-14(2,19-3)9-16-13-10-6-4-5-7-11(10)17-18-12(13)8-15/h4-7H,9H2,1-3H3,(H,16,17). The van der Waals surface area contributed by atoms with Crippen LogP contribution in [0.1, 0.15) is 19.5 Å². The molecule has 1 aromatic heterocycles. The molecule has 0 aliphatic rings. The van der Waals surface area contributed by atoms with Crippen molar-refractivity contribution in [1.29, 1.82) is 5.26 Å². The Bertz CT molecular complexity index is 631. The van der Waals surface area contributed by atoms with E-state index in [-0.39, 0.29) is 5.60 Å². The molecule has 0 aliphatic heterocycles. The van der Waals surface area contributed by atoms with Gasteiger partial charge in [0.05, 0.1) is 16.8 Å². The molecule has 0 amide bonds. The molecule has 0 unspecified atom stereocenters. The van der Waals surface area contributed by atoms with Crippen LogP contribution in [0.5, 0.6) is 0 Å². The van der Waals surface area contributed by atoms with Crippen molar-refractivity contribution in [3.8, 4) is 6.07 Å². The summed E-state index contributed by atoms with van der Waals surface area (Å²) in [6, 6.07) is 9.67. The lowest BCUT2D eigenvalue weighted by atomic mass is 10.1. The van der Waals surface area contributed by atoms with E-state index in [1.54, 1.807) is 7.11 Å². The summed E-state index contributed by atoms with van der Waals surface area (Å²) in [4.78, 5) is 0. The lowest BCUT2D eigenvalue weighted by Gasteiger charge is -2.24. The minimum absolute atomic E-state index is 0.297. The Morgan fingerprint density at radius 1 is 1.32 bits per heavy atom. The van der Waals surface area contributed by atoms with E-state index in [0.29, 0.717) is 17.9 Å². The van der Waals surface area contributed by atoms with Crippen molar-refractivity contribution < 1.29 is 4.74 Å². The Hall–Kier alpha value is -2.19. The van der Waals surface area contributed by atoms with Crippen molar-refractivity contribution >= 4 is 16.6 Å². The largest absolute Gasteiger partial charge is 0.379 e. The summed E-state index contributed by atoms with van der Waals surface area (Å²) in [6.07, 6.45) is 0. The number of aromatic nitrogens is 2. The second-order valence-corrected chi connectivity index (χ2v) is 4.87. The van der Waals surface area contributed by atoms with Crippen LogP contribution in [-0.2, 0) is 4.74 Å². The van der Waals surface area contributed by atoms with Crippen LogP contribution >= 0.6 is 0 Å². The van der Waals surface area contributed by atoms with Crippen molar-refractivity contribution in [1.82, 2.24) is 10.2 Å². The smallest absolute Gasteiger partial charge is 0.186 e. The van der Waals surface area contributed by atoms with Crippen molar-refractivity contribution in [3.63, 3.8) is 0 Å². The van der Waals surface area contributed by atoms with E-state index in [4.69, 9.17) is 10.00 Å². The molecule has 0 spiro atoms. The van der Waals surface area contributed by atoms with Gasteiger partial charge in [0.1, 0.15) is 6.07 Å². The molecule has 98 valence electrons. The summed E-state index contributed by atoms with van der Waals surface area (Å²) in [7, 11) is 1.66. The fourth-order valence-corrected chi connectivity index (χ4v) is 1.68. The molecule has 19 heavy (non-hydrogen) atoms. The van der Waals surface area contributed by atoms with E-state index >= 15 is 0 Å². The summed E-state index contributed by atoms with van der Waals surface area (Å²) in [6.45, 7) is 4.53. The van der Waals surface area contributed by atoms with E-state index in [1.807, 2.05) is 38.1 Å². The van der Waals surface area contributed by atoms with Gasteiger partial charge in [-0.25, -0.2) is 0 Å². The third-order valence-electron chi connectivity index (χ3n) is 3.02. The fourth-order valence-electron chi connectivity index (χ4n) is 1.68. The summed E-state index contributed by atoms with van der Waals surface area (Å²) in [5.74, 6) is 0. The van der Waals surface area contributed by atoms with Gasteiger partial charge in [0, 0.05) is 19.0 Å². The molecule has 0 fully saturated rings. The van der Waals surface area contributed by atoms with Crippen molar-refractivity contribution in [2.24, 2.45) is 0 Å². The number of anilines is 1. The van der Waals surface area contributed by atoms with Crippen LogP contribution in [0.25, 0.3) is 10.9 Å². The normalized spacial score (nSPS) is 11.3. The van der Waals surface area contributed by atoms with Crippen LogP contribution in [0.4, 0.5) is 5.69 Å². The van der Waals surface area contributed by atoms with Gasteiger partial charge in [0.2, 0.25) is 0 Å². The van der Waals surface area contributed by atoms with Crippen LogP contribution in [-0.4, -0.2) is 29.5 Å². The maximum absolute atomic E-state index is 9.14. The van der Waals surface area contributed by atoms with Crippen molar-refractivity contribution in [2.45, 2.75) is 19.4 Å². The fraction of sp³-hybridized carbons (Fsp3) is 0.357. The highest BCUT2D eigenvalue weighted by atomic mass is 16.5. The number of methoxy groups -OCH3 is 1. The number of benzene rings is 1. The number of fused-ring (bicyclic) bond motifs is 1. The minimum atomic E-state index is -0.322. The number of hydrogen-bond acceptors (Lipinski definition) is 5. The number of nitriles is 1. The Labute approximate surface area is 112 Å². The zero-order valence-electron chi connectivity index (χ0n) is 11.3. The second kappa shape index (κ2) is 5.21. The lowest BCUT2D eigenvalue weighted by molar-refractivity contribution is 0.0344. The van der Waals surface area contributed by atoms with E-state index in [2.05, 4.69) is 21.6 Å². The quantitative estimate of drug-likeness (QED) is 0.909. The summed E-state index contributed by atoms with van der Waals surface area (Å²) in [5.41, 5.74) is 1.44. The maximum atomic E-state index is 9.14. The molecule has 0 bridgehead atoms. The maximum Gasteiger partial charge on any atom is 0.186 e. The molecule has 1 N–H and O–H groups in total. The predicted molar refractivity (Wildman–Crippen MR) is 73.8 cm³/mol. The Morgan fingerprint density at radius 2 is 2.05 bits per heavy atom. The molecular formula is C14H16N4O. The molecule has 0 aliphatic carbocycles. The number of ether oxygens (including phenoxy) is 1. The Balaban J connectivity index is 2.43. The van der Waals surface area contributed by atoms with Gasteiger partial charge in [-0.1, -0.05) is 18.2 Å². The topological polar surface area (TPSA) is 70.8 Å². The van der Waals surface area contributed by atoms with E-state index in [1.165, 1.54) is 0 Å². The number of hydrogen-bond donors (Lipinski definition) is 1. The molecule has 1 heterocycles. The van der Waals surface area contributed by atoms with Gasteiger partial charge >= 0.3 is 0 Å². The zero-order chi connectivity index (χ0) is 13.9. The van der Waals surface area contributed by atoms with Gasteiger partial charge in [0.25, 0.3) is 0 Å². The van der Waals surface area contributed by atoms with Crippen molar-refractivity contribution in [2.75, 3.05) is 19.0 Å². The monoisotopic (exact) mass is 256 g/mol. The molecule has 1 aromatic carbocycles. The highest BCUT2D eigenvalue weighted by molar-refractivity contribution is 5.92. The van der Waals surface area contributed by atoms with Crippen LogP contribution in [0.15, 0.2) is 24.3 Å². The van der Waals surface area contributed by atoms with E-state index < -0.39 is 0 Å². The van der Waals surface area contributed by atoms with Gasteiger partial charge in [-0.15, -0.1) is 10.2 Å². The van der Waals surface area contributed by atoms with E-state index in [0.717, 1.165) is 10.9 Å². The molecule has 2 rings (SSSR count). The predicted octanol–water partition coefficient (Wildman–Crippen LogP) is 2.34. The molecule has 0 atom stereocenters. The zero-order valence-corrected chi connectivity index (χ0v) is 11.3. The molecule has 0 saturated carbocycles. The first-order valence-electron chi connectivity index (χ1n) is 6.02. The van der Waals surface area contributed by atoms with Gasteiger partial charge in [-0.3, -0.25) is 0 Å². The molecular weight excluding hydrogens is 240 g/mol. The first kappa shape index (κ1) is 13.2. The summed E-state index contributed by atoms with van der Waals surface area (Å²) >= 11 is 0. The van der Waals surface area contributed by atoms with Crippen LogP contribution in [0.3, 0.4) is 0 Å². The first-order valence-corrected chi connectivity index (χ1v) is 6.02. The number of rotatable bonds is 4. The molecule has 0 radical (unpaired) electrons. The van der Waals surface area contributed by atoms with Crippen LogP contribution in [0.2, 0.25) is 0 Å². The Morgan fingerprint density at radius 3 is 2.74 bits per heavy atom. The number of nitrogens with one attached hydrogen (secondary N) is 1. The van der Waals surface area contributed by atoms with E-state index in [9.17, 15) is 0 Å². The first-order chi connectivity index (χ1) is 9.07. The average Bonchev–Trinajstić information content (AvgIpc) is 2.44. The van der Waals surface area contributed by atoms with Gasteiger partial charge in [0.15, 0.2) is 5.69 Å². The average molecular weight is 256 g/mol. The highest BCUT2D eigenvalue weighted by Gasteiger charge is 2.18. The molecule has 0 saturated heterocycles. The molecule has 2 aromatic rings. The van der Waals surface area contributed by atoms with Crippen LogP contribution in [0, 0.1) is 11.3 Å². The second-order valence-electron chi connectivity index (χ2n) is 4.87. The summed E-state index contributed by atoms with van der Waals surface area (Å²) in [5, 5.41) is 21.2. The van der Waals surface area contributed by atoms with Crippen molar-refractivity contribution in [3.05, 3.63) is 30.0 Å². The third kappa shape index (κ3) is 2.80. The summed E-state index contributed by atoms with van der Waals surface area (Å²) < 4.78 is 5.36. The molecule has 5 heteroatoms. The highest BCUT2D eigenvalue weighted by Crippen LogP contribution is 2.24. The molecule has 5 nitrogen and oxygen atoms in total.